The number of hydrogen-bond acceptors (Lipinski definition) is 3. The first-order valence-corrected chi connectivity index (χ1v) is 7.02. The summed E-state index contributed by atoms with van der Waals surface area (Å²) in [5.41, 5.74) is 1.07. The van der Waals surface area contributed by atoms with Crippen LogP contribution in [0.2, 0.25) is 0 Å². The van der Waals surface area contributed by atoms with Crippen LogP contribution in [0.3, 0.4) is 0 Å². The molecule has 0 spiro atoms. The lowest BCUT2D eigenvalue weighted by Gasteiger charge is -2.00. The summed E-state index contributed by atoms with van der Waals surface area (Å²) >= 11 is 2.29. The van der Waals surface area contributed by atoms with E-state index in [0.29, 0.717) is 0 Å². The minimum atomic E-state index is 0.792. The summed E-state index contributed by atoms with van der Waals surface area (Å²) in [6.45, 7) is 1.69. The molecule has 0 amide bonds. The number of aromatic nitrogens is 3. The molecule has 0 fully saturated rings. The van der Waals surface area contributed by atoms with Crippen LogP contribution in [0.25, 0.3) is 11.4 Å². The van der Waals surface area contributed by atoms with Crippen LogP contribution in [-0.2, 0) is 11.3 Å². The molecule has 1 heterocycles. The van der Waals surface area contributed by atoms with Crippen molar-refractivity contribution in [3.05, 3.63) is 34.2 Å². The van der Waals surface area contributed by atoms with Crippen LogP contribution >= 0.6 is 22.6 Å². The second-order valence-electron chi connectivity index (χ2n) is 4.04. The number of rotatable bonds is 6. The van der Waals surface area contributed by atoms with Crippen molar-refractivity contribution in [2.24, 2.45) is 0 Å². The average molecular weight is 357 g/mol. The molecule has 0 aliphatic heterocycles. The topological polar surface area (TPSA) is 39.9 Å². The molecule has 18 heavy (non-hydrogen) atoms. The number of halogens is 1. The van der Waals surface area contributed by atoms with Gasteiger partial charge in [0.1, 0.15) is 6.33 Å². The highest BCUT2D eigenvalue weighted by Gasteiger charge is 2.04. The van der Waals surface area contributed by atoms with E-state index in [0.717, 1.165) is 37.4 Å². The summed E-state index contributed by atoms with van der Waals surface area (Å²) in [7, 11) is 1.73. The Hall–Kier alpha value is -0.950. The zero-order chi connectivity index (χ0) is 12.8. The fourth-order valence-corrected chi connectivity index (χ4v) is 2.23. The van der Waals surface area contributed by atoms with E-state index in [1.165, 1.54) is 3.57 Å². The van der Waals surface area contributed by atoms with Gasteiger partial charge in [-0.15, -0.1) is 0 Å². The quantitative estimate of drug-likeness (QED) is 0.590. The molecule has 0 radical (unpaired) electrons. The van der Waals surface area contributed by atoms with E-state index in [-0.39, 0.29) is 0 Å². The molecule has 5 heteroatoms. The molecule has 0 aliphatic rings. The Balaban J connectivity index is 1.97. The molecule has 0 saturated carbocycles. The van der Waals surface area contributed by atoms with Crippen LogP contribution in [-0.4, -0.2) is 28.5 Å². The number of methoxy groups -OCH3 is 1. The van der Waals surface area contributed by atoms with Crippen molar-refractivity contribution in [3.8, 4) is 11.4 Å². The van der Waals surface area contributed by atoms with E-state index in [1.54, 1.807) is 13.4 Å². The van der Waals surface area contributed by atoms with Gasteiger partial charge in [-0.2, -0.15) is 5.10 Å². The zero-order valence-electron chi connectivity index (χ0n) is 10.3. The van der Waals surface area contributed by atoms with Crippen molar-refractivity contribution in [1.29, 1.82) is 0 Å². The van der Waals surface area contributed by atoms with Gasteiger partial charge in [-0.3, -0.25) is 4.68 Å². The maximum atomic E-state index is 5.02. The van der Waals surface area contributed by atoms with Crippen molar-refractivity contribution in [2.75, 3.05) is 13.7 Å². The number of hydrogen-bond donors (Lipinski definition) is 0. The molecule has 1 aromatic heterocycles. The highest BCUT2D eigenvalue weighted by atomic mass is 127. The van der Waals surface area contributed by atoms with Crippen LogP contribution in [0.1, 0.15) is 12.8 Å². The molecule has 0 unspecified atom stereocenters. The zero-order valence-corrected chi connectivity index (χ0v) is 12.5. The average Bonchev–Trinajstić information content (AvgIpc) is 2.83. The molecule has 0 saturated heterocycles. The van der Waals surface area contributed by atoms with Crippen LogP contribution < -0.4 is 0 Å². The van der Waals surface area contributed by atoms with E-state index < -0.39 is 0 Å². The van der Waals surface area contributed by atoms with Gasteiger partial charge in [-0.1, -0.05) is 12.1 Å². The summed E-state index contributed by atoms with van der Waals surface area (Å²) in [6.07, 6.45) is 3.90. The maximum absolute atomic E-state index is 5.02. The molecule has 0 bridgehead atoms. The summed E-state index contributed by atoms with van der Waals surface area (Å²) < 4.78 is 8.11. The van der Waals surface area contributed by atoms with E-state index in [4.69, 9.17) is 4.74 Å². The Morgan fingerprint density at radius 3 is 3.00 bits per heavy atom. The number of ether oxygens (including phenoxy) is 1. The predicted octanol–water partition coefficient (Wildman–Crippen LogP) is 2.98. The first-order chi connectivity index (χ1) is 8.79. The molecule has 4 nitrogen and oxygen atoms in total. The van der Waals surface area contributed by atoms with Crippen molar-refractivity contribution in [3.63, 3.8) is 0 Å². The number of unbranched alkanes of at least 4 members (excludes halogenated alkanes) is 1. The van der Waals surface area contributed by atoms with Crippen LogP contribution in [0, 0.1) is 3.57 Å². The molecule has 1 aromatic carbocycles. The predicted molar refractivity (Wildman–Crippen MR) is 79.3 cm³/mol. The number of benzene rings is 1. The maximum Gasteiger partial charge on any atom is 0.181 e. The van der Waals surface area contributed by atoms with E-state index in [1.807, 2.05) is 16.8 Å². The molecule has 0 N–H and O–H groups in total. The highest BCUT2D eigenvalue weighted by molar-refractivity contribution is 14.1. The third kappa shape index (κ3) is 3.78. The molecule has 0 aliphatic carbocycles. The Labute approximate surface area is 121 Å². The van der Waals surface area contributed by atoms with E-state index in [9.17, 15) is 0 Å². The summed E-state index contributed by atoms with van der Waals surface area (Å²) in [4.78, 5) is 4.34. The van der Waals surface area contributed by atoms with Crippen LogP contribution in [0.5, 0.6) is 0 Å². The largest absolute Gasteiger partial charge is 0.385 e. The monoisotopic (exact) mass is 357 g/mol. The summed E-state index contributed by atoms with van der Waals surface area (Å²) in [6, 6.07) is 8.21. The second kappa shape index (κ2) is 6.84. The van der Waals surface area contributed by atoms with Gasteiger partial charge in [0.2, 0.25) is 0 Å². The second-order valence-corrected chi connectivity index (χ2v) is 5.29. The fourth-order valence-electron chi connectivity index (χ4n) is 1.68. The van der Waals surface area contributed by atoms with E-state index >= 15 is 0 Å². The van der Waals surface area contributed by atoms with Gasteiger partial charge in [0.15, 0.2) is 5.82 Å². The van der Waals surface area contributed by atoms with Gasteiger partial charge in [0.25, 0.3) is 0 Å². The molecule has 0 atom stereocenters. The van der Waals surface area contributed by atoms with Gasteiger partial charge in [-0.25, -0.2) is 4.98 Å². The SMILES string of the molecule is COCCCCn1cnc(-c2cccc(I)c2)n1. The van der Waals surface area contributed by atoms with Crippen LogP contribution in [0.15, 0.2) is 30.6 Å². The molecule has 96 valence electrons. The molecular weight excluding hydrogens is 341 g/mol. The van der Waals surface area contributed by atoms with Gasteiger partial charge in [0, 0.05) is 29.4 Å². The van der Waals surface area contributed by atoms with Gasteiger partial charge in [0.05, 0.1) is 0 Å². The molecular formula is C13H16IN3O. The van der Waals surface area contributed by atoms with Crippen molar-refractivity contribution in [2.45, 2.75) is 19.4 Å². The third-order valence-electron chi connectivity index (χ3n) is 2.60. The van der Waals surface area contributed by atoms with Crippen molar-refractivity contribution in [1.82, 2.24) is 14.8 Å². The highest BCUT2D eigenvalue weighted by Crippen LogP contribution is 2.17. The minimum absolute atomic E-state index is 0.792. The lowest BCUT2D eigenvalue weighted by molar-refractivity contribution is 0.191. The molecule has 2 rings (SSSR count). The standard InChI is InChI=1S/C13H16IN3O/c1-18-8-3-2-7-17-10-15-13(16-17)11-5-4-6-12(14)9-11/h4-6,9-10H,2-3,7-8H2,1H3. The Kier molecular flexibility index (Phi) is 5.12. The van der Waals surface area contributed by atoms with Gasteiger partial charge < -0.3 is 4.74 Å². The first kappa shape index (κ1) is 13.5. The normalized spacial score (nSPS) is 10.8. The lowest BCUT2D eigenvalue weighted by atomic mass is 10.2. The van der Waals surface area contributed by atoms with Crippen molar-refractivity contribution < 1.29 is 4.74 Å². The summed E-state index contributed by atoms with van der Waals surface area (Å²) in [5.74, 6) is 0.792. The third-order valence-corrected chi connectivity index (χ3v) is 3.28. The number of nitrogens with zero attached hydrogens (tertiary/aromatic N) is 3. The fraction of sp³-hybridized carbons (Fsp3) is 0.385. The first-order valence-electron chi connectivity index (χ1n) is 5.94. The summed E-state index contributed by atoms with van der Waals surface area (Å²) in [5, 5.41) is 4.48. The molecule has 2 aromatic rings. The Bertz CT molecular complexity index is 498. The van der Waals surface area contributed by atoms with Gasteiger partial charge in [-0.05, 0) is 47.6 Å². The lowest BCUT2D eigenvalue weighted by Crippen LogP contribution is -2.00. The Morgan fingerprint density at radius 2 is 2.22 bits per heavy atom. The number of aryl methyl sites for hydroxylation is 1. The minimum Gasteiger partial charge on any atom is -0.385 e. The van der Waals surface area contributed by atoms with E-state index in [2.05, 4.69) is 44.8 Å². The smallest absolute Gasteiger partial charge is 0.181 e. The van der Waals surface area contributed by atoms with Gasteiger partial charge >= 0.3 is 0 Å². The van der Waals surface area contributed by atoms with Crippen molar-refractivity contribution >= 4 is 22.6 Å². The van der Waals surface area contributed by atoms with Crippen LogP contribution in [0.4, 0.5) is 0 Å². The Morgan fingerprint density at radius 1 is 1.33 bits per heavy atom.